The van der Waals surface area contributed by atoms with Crippen LogP contribution in [0.1, 0.15) is 12.5 Å². The van der Waals surface area contributed by atoms with Gasteiger partial charge in [-0.1, -0.05) is 25.1 Å². The molecule has 1 aromatic carbocycles. The summed E-state index contributed by atoms with van der Waals surface area (Å²) in [4.78, 5) is 7.60. The van der Waals surface area contributed by atoms with E-state index in [1.807, 2.05) is 12.4 Å². The molecule has 3 nitrogen and oxygen atoms in total. The fourth-order valence-corrected chi connectivity index (χ4v) is 3.34. The summed E-state index contributed by atoms with van der Waals surface area (Å²) in [6, 6.07) is 12.8. The van der Waals surface area contributed by atoms with E-state index in [1.165, 1.54) is 33.1 Å². The third kappa shape index (κ3) is 1.64. The zero-order chi connectivity index (χ0) is 14.4. The normalized spacial score (nSPS) is 11.5. The Hall–Kier alpha value is -2.55. The Morgan fingerprint density at radius 3 is 2.81 bits per heavy atom. The first-order valence-electron chi connectivity index (χ1n) is 7.30. The van der Waals surface area contributed by atoms with Crippen molar-refractivity contribution in [3.05, 3.63) is 54.4 Å². The molecule has 3 aromatic heterocycles. The van der Waals surface area contributed by atoms with Gasteiger partial charge in [-0.3, -0.25) is 0 Å². The number of nitrogens with zero attached hydrogens (tertiary/aromatic N) is 2. The highest BCUT2D eigenvalue weighted by Gasteiger charge is 2.17. The molecule has 0 amide bonds. The topological polar surface area (TPSA) is 33.6 Å². The molecule has 0 aliphatic heterocycles. The number of para-hydroxylation sites is 1. The summed E-state index contributed by atoms with van der Waals surface area (Å²) in [5, 5.41) is 2.52. The number of benzene rings is 1. The monoisotopic (exact) mass is 275 g/mol. The first-order chi connectivity index (χ1) is 10.3. The Balaban J connectivity index is 2.15. The summed E-state index contributed by atoms with van der Waals surface area (Å²) in [7, 11) is 2.15. The van der Waals surface area contributed by atoms with Gasteiger partial charge in [-0.05, 0) is 30.2 Å². The third-order valence-electron chi connectivity index (χ3n) is 4.28. The van der Waals surface area contributed by atoms with Crippen molar-refractivity contribution in [3.8, 4) is 11.3 Å². The van der Waals surface area contributed by atoms with Gasteiger partial charge in [-0.2, -0.15) is 0 Å². The lowest BCUT2D eigenvalue weighted by molar-refractivity contribution is 0.966. The van der Waals surface area contributed by atoms with Crippen LogP contribution < -0.4 is 0 Å². The van der Waals surface area contributed by atoms with Crippen LogP contribution in [0.3, 0.4) is 0 Å². The summed E-state index contributed by atoms with van der Waals surface area (Å²) in [6.07, 6.45) is 4.85. The van der Waals surface area contributed by atoms with Gasteiger partial charge in [0, 0.05) is 41.3 Å². The van der Waals surface area contributed by atoms with E-state index in [0.717, 1.165) is 12.1 Å². The summed E-state index contributed by atoms with van der Waals surface area (Å²) >= 11 is 0. The second-order valence-electron chi connectivity index (χ2n) is 5.36. The van der Waals surface area contributed by atoms with Crippen LogP contribution in [0.2, 0.25) is 0 Å². The highest BCUT2D eigenvalue weighted by atomic mass is 15.0. The number of hydrogen-bond acceptors (Lipinski definition) is 1. The molecule has 0 bridgehead atoms. The minimum atomic E-state index is 0.944. The number of pyridine rings is 1. The van der Waals surface area contributed by atoms with Crippen LogP contribution in [0.4, 0.5) is 0 Å². The Morgan fingerprint density at radius 2 is 1.95 bits per heavy atom. The lowest BCUT2D eigenvalue weighted by Gasteiger charge is -2.08. The van der Waals surface area contributed by atoms with Crippen molar-refractivity contribution in [3.63, 3.8) is 0 Å². The molecular weight excluding hydrogens is 258 g/mol. The summed E-state index contributed by atoms with van der Waals surface area (Å²) < 4.78 is 2.30. The van der Waals surface area contributed by atoms with Crippen LogP contribution in [0.15, 0.2) is 48.8 Å². The molecule has 3 heterocycles. The number of fused-ring (bicyclic) bond motifs is 2. The van der Waals surface area contributed by atoms with E-state index in [0.29, 0.717) is 0 Å². The number of nitrogens with one attached hydrogen (secondary N) is 1. The number of aromatic nitrogens is 3. The Bertz CT molecular complexity index is 944. The second-order valence-corrected chi connectivity index (χ2v) is 5.36. The SMILES string of the molecule is CCc1c(-c2ccnc3[nH]ccc23)n(C)c2ccccc12. The molecule has 0 spiro atoms. The van der Waals surface area contributed by atoms with Crippen LogP contribution in [0.25, 0.3) is 33.2 Å². The van der Waals surface area contributed by atoms with Crippen LogP contribution >= 0.6 is 0 Å². The van der Waals surface area contributed by atoms with E-state index in [1.54, 1.807) is 0 Å². The van der Waals surface area contributed by atoms with Crippen molar-refractivity contribution in [1.82, 2.24) is 14.5 Å². The lowest BCUT2D eigenvalue weighted by Crippen LogP contribution is -1.94. The van der Waals surface area contributed by atoms with Gasteiger partial charge in [0.2, 0.25) is 0 Å². The molecule has 0 saturated carbocycles. The second kappa shape index (κ2) is 4.48. The number of rotatable bonds is 2. The molecule has 0 saturated heterocycles. The largest absolute Gasteiger partial charge is 0.346 e. The van der Waals surface area contributed by atoms with E-state index >= 15 is 0 Å². The van der Waals surface area contributed by atoms with Crippen molar-refractivity contribution >= 4 is 21.9 Å². The van der Waals surface area contributed by atoms with E-state index in [4.69, 9.17) is 0 Å². The fraction of sp³-hybridized carbons (Fsp3) is 0.167. The molecule has 0 atom stereocenters. The molecule has 0 aliphatic carbocycles. The Morgan fingerprint density at radius 1 is 1.10 bits per heavy atom. The Labute approximate surface area is 123 Å². The van der Waals surface area contributed by atoms with Gasteiger partial charge >= 0.3 is 0 Å². The van der Waals surface area contributed by atoms with Crippen molar-refractivity contribution in [2.45, 2.75) is 13.3 Å². The summed E-state index contributed by atoms with van der Waals surface area (Å²) in [6.45, 7) is 2.22. The Kier molecular flexibility index (Phi) is 2.61. The summed E-state index contributed by atoms with van der Waals surface area (Å²) in [5.41, 5.74) is 6.17. The predicted molar refractivity (Wildman–Crippen MR) is 87.4 cm³/mol. The minimum Gasteiger partial charge on any atom is -0.346 e. The maximum atomic E-state index is 4.40. The fourth-order valence-electron chi connectivity index (χ4n) is 3.34. The quantitative estimate of drug-likeness (QED) is 0.582. The van der Waals surface area contributed by atoms with Gasteiger partial charge in [-0.25, -0.2) is 4.98 Å². The van der Waals surface area contributed by atoms with Crippen LogP contribution in [0, 0.1) is 0 Å². The molecule has 3 heteroatoms. The zero-order valence-corrected chi connectivity index (χ0v) is 12.2. The molecule has 0 fully saturated rings. The average molecular weight is 275 g/mol. The number of H-pyrrole nitrogens is 1. The number of aromatic amines is 1. The van der Waals surface area contributed by atoms with Gasteiger partial charge in [0.25, 0.3) is 0 Å². The van der Waals surface area contributed by atoms with E-state index in [-0.39, 0.29) is 0 Å². The molecule has 0 unspecified atom stereocenters. The van der Waals surface area contributed by atoms with Gasteiger partial charge in [-0.15, -0.1) is 0 Å². The van der Waals surface area contributed by atoms with Crippen LogP contribution in [-0.4, -0.2) is 14.5 Å². The molecule has 4 aromatic rings. The van der Waals surface area contributed by atoms with E-state index < -0.39 is 0 Å². The first-order valence-corrected chi connectivity index (χ1v) is 7.30. The van der Waals surface area contributed by atoms with Gasteiger partial charge in [0.15, 0.2) is 0 Å². The van der Waals surface area contributed by atoms with Crippen molar-refractivity contribution in [2.24, 2.45) is 7.05 Å². The van der Waals surface area contributed by atoms with Gasteiger partial charge in [0.05, 0.1) is 5.69 Å². The molecule has 0 aliphatic rings. The third-order valence-corrected chi connectivity index (χ3v) is 4.28. The maximum absolute atomic E-state index is 4.40. The molecule has 21 heavy (non-hydrogen) atoms. The zero-order valence-electron chi connectivity index (χ0n) is 12.2. The minimum absolute atomic E-state index is 0.944. The van der Waals surface area contributed by atoms with E-state index in [2.05, 4.69) is 64.9 Å². The number of hydrogen-bond donors (Lipinski definition) is 1. The maximum Gasteiger partial charge on any atom is 0.137 e. The molecule has 4 rings (SSSR count). The first kappa shape index (κ1) is 12.2. The standard InChI is InChI=1S/C18H17N3/c1-3-12-13-6-4-5-7-16(13)21(2)17(12)14-8-10-19-18-15(14)9-11-20-18/h4-11H,3H2,1-2H3,(H,19,20). The lowest BCUT2D eigenvalue weighted by atomic mass is 10.0. The highest BCUT2D eigenvalue weighted by Crippen LogP contribution is 2.36. The smallest absolute Gasteiger partial charge is 0.137 e. The molecule has 0 radical (unpaired) electrons. The van der Waals surface area contributed by atoms with E-state index in [9.17, 15) is 0 Å². The van der Waals surface area contributed by atoms with Gasteiger partial charge in [0.1, 0.15) is 5.65 Å². The van der Waals surface area contributed by atoms with Crippen molar-refractivity contribution in [1.29, 1.82) is 0 Å². The van der Waals surface area contributed by atoms with Crippen LogP contribution in [0.5, 0.6) is 0 Å². The molecular formula is C18H17N3. The van der Waals surface area contributed by atoms with Crippen molar-refractivity contribution in [2.75, 3.05) is 0 Å². The highest BCUT2D eigenvalue weighted by molar-refractivity contribution is 5.99. The molecule has 1 N–H and O–H groups in total. The van der Waals surface area contributed by atoms with Crippen molar-refractivity contribution < 1.29 is 0 Å². The predicted octanol–water partition coefficient (Wildman–Crippen LogP) is 4.28. The van der Waals surface area contributed by atoms with Crippen LogP contribution in [-0.2, 0) is 13.5 Å². The number of aryl methyl sites for hydroxylation is 2. The molecule has 104 valence electrons. The summed E-state index contributed by atoms with van der Waals surface area (Å²) in [5.74, 6) is 0. The van der Waals surface area contributed by atoms with Gasteiger partial charge < -0.3 is 9.55 Å². The average Bonchev–Trinajstić information content (AvgIpc) is 3.10.